The molecule has 7 nitrogen and oxygen atoms in total. The first-order valence-corrected chi connectivity index (χ1v) is 8.19. The quantitative estimate of drug-likeness (QED) is 0.487. The van der Waals surface area contributed by atoms with Crippen molar-refractivity contribution in [2.45, 2.75) is 6.92 Å². The Morgan fingerprint density at radius 3 is 2.79 bits per heavy atom. The second kappa shape index (κ2) is 6.71. The SMILES string of the molecule is CC(=O)NCCNC(=O)c1cc2c(s1)NC(=O)C2=Cc1ccc[nH]1. The molecule has 0 aliphatic carbocycles. The standard InChI is InChI=1S/C16H16N4O3S/c1-9(21)17-5-6-19-15(23)13-8-12-11(7-10-3-2-4-18-10)14(22)20-16(12)24-13/h2-4,7-8,18H,5-6H2,1H3,(H,17,21)(H,19,23)(H,20,22). The Hall–Kier alpha value is -2.87. The van der Waals surface area contributed by atoms with Gasteiger partial charge in [-0.25, -0.2) is 0 Å². The van der Waals surface area contributed by atoms with Crippen LogP contribution in [0, 0.1) is 0 Å². The molecule has 2 aromatic rings. The maximum absolute atomic E-state index is 12.1. The number of carbonyl (C=O) groups excluding carboxylic acids is 3. The third kappa shape index (κ3) is 3.38. The van der Waals surface area contributed by atoms with Crippen molar-refractivity contribution in [1.29, 1.82) is 0 Å². The number of carbonyl (C=O) groups is 3. The first-order valence-electron chi connectivity index (χ1n) is 7.38. The van der Waals surface area contributed by atoms with Crippen molar-refractivity contribution in [2.75, 3.05) is 18.4 Å². The summed E-state index contributed by atoms with van der Waals surface area (Å²) < 4.78 is 0. The smallest absolute Gasteiger partial charge is 0.261 e. The third-order valence-electron chi connectivity index (χ3n) is 3.42. The van der Waals surface area contributed by atoms with Gasteiger partial charge in [-0.15, -0.1) is 11.3 Å². The van der Waals surface area contributed by atoms with E-state index in [1.165, 1.54) is 18.3 Å². The van der Waals surface area contributed by atoms with Crippen LogP contribution in [-0.4, -0.2) is 35.8 Å². The molecule has 0 spiro atoms. The predicted octanol–water partition coefficient (Wildman–Crippen LogP) is 1.43. The molecule has 3 rings (SSSR count). The van der Waals surface area contributed by atoms with E-state index in [0.29, 0.717) is 28.5 Å². The van der Waals surface area contributed by atoms with Gasteiger partial charge in [0, 0.05) is 37.5 Å². The molecule has 0 atom stereocenters. The number of nitrogens with one attached hydrogen (secondary N) is 4. The number of hydrogen-bond donors (Lipinski definition) is 4. The van der Waals surface area contributed by atoms with E-state index in [9.17, 15) is 14.4 Å². The number of hydrogen-bond acceptors (Lipinski definition) is 4. The molecule has 8 heteroatoms. The Kier molecular flexibility index (Phi) is 4.48. The van der Waals surface area contributed by atoms with Gasteiger partial charge in [0.2, 0.25) is 5.91 Å². The van der Waals surface area contributed by atoms with Crippen LogP contribution in [0.4, 0.5) is 5.00 Å². The van der Waals surface area contributed by atoms with Crippen LogP contribution in [0.15, 0.2) is 24.4 Å². The summed E-state index contributed by atoms with van der Waals surface area (Å²) in [7, 11) is 0. The molecule has 0 fully saturated rings. The Morgan fingerprint density at radius 1 is 1.29 bits per heavy atom. The third-order valence-corrected chi connectivity index (χ3v) is 4.47. The van der Waals surface area contributed by atoms with E-state index in [0.717, 1.165) is 11.3 Å². The number of rotatable bonds is 5. The minimum Gasteiger partial charge on any atom is -0.362 e. The summed E-state index contributed by atoms with van der Waals surface area (Å²) in [6.45, 7) is 2.14. The normalized spacial score (nSPS) is 14.4. The molecule has 0 saturated carbocycles. The van der Waals surface area contributed by atoms with Crippen LogP contribution < -0.4 is 16.0 Å². The van der Waals surface area contributed by atoms with E-state index in [1.54, 1.807) is 18.3 Å². The fraction of sp³-hybridized carbons (Fsp3) is 0.188. The summed E-state index contributed by atoms with van der Waals surface area (Å²) in [5.41, 5.74) is 2.08. The number of amides is 3. The minimum absolute atomic E-state index is 0.138. The van der Waals surface area contributed by atoms with Gasteiger partial charge in [0.05, 0.1) is 10.5 Å². The average molecular weight is 344 g/mol. The molecule has 2 aromatic heterocycles. The van der Waals surface area contributed by atoms with E-state index < -0.39 is 0 Å². The molecular formula is C16H16N4O3S. The highest BCUT2D eigenvalue weighted by Gasteiger charge is 2.28. The Morgan fingerprint density at radius 2 is 2.08 bits per heavy atom. The van der Waals surface area contributed by atoms with Crippen LogP contribution in [0.25, 0.3) is 11.6 Å². The zero-order valence-corrected chi connectivity index (χ0v) is 13.8. The second-order valence-corrected chi connectivity index (χ2v) is 6.28. The summed E-state index contributed by atoms with van der Waals surface area (Å²) in [5, 5.41) is 8.79. The molecular weight excluding hydrogens is 328 g/mol. The lowest BCUT2D eigenvalue weighted by Gasteiger charge is -2.04. The van der Waals surface area contributed by atoms with Crippen LogP contribution in [0.1, 0.15) is 27.9 Å². The number of thiophene rings is 1. The molecule has 0 unspecified atom stereocenters. The van der Waals surface area contributed by atoms with Crippen molar-refractivity contribution >= 4 is 45.7 Å². The number of aromatic amines is 1. The van der Waals surface area contributed by atoms with Gasteiger partial charge in [0.25, 0.3) is 11.8 Å². The van der Waals surface area contributed by atoms with Crippen LogP contribution in [0.2, 0.25) is 0 Å². The summed E-state index contributed by atoms with van der Waals surface area (Å²) in [5.74, 6) is -0.544. The summed E-state index contributed by atoms with van der Waals surface area (Å²) in [6.07, 6.45) is 3.54. The van der Waals surface area contributed by atoms with Crippen LogP contribution in [0.5, 0.6) is 0 Å². The molecule has 1 aliphatic heterocycles. The highest BCUT2D eigenvalue weighted by atomic mass is 32.1. The molecule has 3 amide bonds. The van der Waals surface area contributed by atoms with Gasteiger partial charge in [-0.3, -0.25) is 14.4 Å². The summed E-state index contributed by atoms with van der Waals surface area (Å²) in [4.78, 5) is 38.5. The number of fused-ring (bicyclic) bond motifs is 1. The first kappa shape index (κ1) is 16.0. The molecule has 0 saturated heterocycles. The van der Waals surface area contributed by atoms with Gasteiger partial charge in [-0.05, 0) is 24.3 Å². The number of anilines is 1. The molecule has 0 bridgehead atoms. The molecule has 0 aromatic carbocycles. The van der Waals surface area contributed by atoms with Gasteiger partial charge in [0.1, 0.15) is 5.00 Å². The van der Waals surface area contributed by atoms with Gasteiger partial charge >= 0.3 is 0 Å². The maximum atomic E-state index is 12.1. The number of aromatic nitrogens is 1. The van der Waals surface area contributed by atoms with Crippen molar-refractivity contribution in [3.05, 3.63) is 40.5 Å². The van der Waals surface area contributed by atoms with Crippen LogP contribution in [0.3, 0.4) is 0 Å². The van der Waals surface area contributed by atoms with Gasteiger partial charge in [-0.2, -0.15) is 0 Å². The monoisotopic (exact) mass is 344 g/mol. The van der Waals surface area contributed by atoms with Gasteiger partial charge < -0.3 is 20.9 Å². The van der Waals surface area contributed by atoms with Gasteiger partial charge in [0.15, 0.2) is 0 Å². The maximum Gasteiger partial charge on any atom is 0.261 e. The molecule has 4 N–H and O–H groups in total. The topological polar surface area (TPSA) is 103 Å². The minimum atomic E-state index is -0.228. The first-order chi connectivity index (χ1) is 11.5. The van der Waals surface area contributed by atoms with Crippen molar-refractivity contribution in [2.24, 2.45) is 0 Å². The van der Waals surface area contributed by atoms with Crippen molar-refractivity contribution < 1.29 is 14.4 Å². The average Bonchev–Trinajstić information content (AvgIpc) is 3.22. The molecule has 24 heavy (non-hydrogen) atoms. The summed E-state index contributed by atoms with van der Waals surface area (Å²) in [6, 6.07) is 5.42. The van der Waals surface area contributed by atoms with Gasteiger partial charge in [-0.1, -0.05) is 0 Å². The Labute approximate surface area is 142 Å². The largest absolute Gasteiger partial charge is 0.362 e. The fourth-order valence-electron chi connectivity index (χ4n) is 2.32. The van der Waals surface area contributed by atoms with E-state index in [4.69, 9.17) is 0 Å². The highest BCUT2D eigenvalue weighted by molar-refractivity contribution is 7.18. The predicted molar refractivity (Wildman–Crippen MR) is 92.6 cm³/mol. The lowest BCUT2D eigenvalue weighted by Crippen LogP contribution is -2.33. The number of H-pyrrole nitrogens is 1. The summed E-state index contributed by atoms with van der Waals surface area (Å²) >= 11 is 1.23. The van der Waals surface area contributed by atoms with E-state index >= 15 is 0 Å². The fourth-order valence-corrected chi connectivity index (χ4v) is 3.31. The van der Waals surface area contributed by atoms with E-state index in [-0.39, 0.29) is 17.7 Å². The zero-order chi connectivity index (χ0) is 17.1. The van der Waals surface area contributed by atoms with Crippen molar-refractivity contribution in [3.63, 3.8) is 0 Å². The molecule has 1 aliphatic rings. The lowest BCUT2D eigenvalue weighted by molar-refractivity contribution is -0.119. The highest BCUT2D eigenvalue weighted by Crippen LogP contribution is 2.39. The second-order valence-electron chi connectivity index (χ2n) is 5.23. The molecule has 124 valence electrons. The Bertz CT molecular complexity index is 821. The molecule has 3 heterocycles. The molecule has 0 radical (unpaired) electrons. The van der Waals surface area contributed by atoms with Crippen LogP contribution in [-0.2, 0) is 9.59 Å². The zero-order valence-electron chi connectivity index (χ0n) is 12.9. The van der Waals surface area contributed by atoms with Crippen molar-refractivity contribution in [1.82, 2.24) is 15.6 Å². The van der Waals surface area contributed by atoms with E-state index in [1.807, 2.05) is 12.1 Å². The Balaban J connectivity index is 1.72. The van der Waals surface area contributed by atoms with Crippen molar-refractivity contribution in [3.8, 4) is 0 Å². The van der Waals surface area contributed by atoms with Crippen LogP contribution >= 0.6 is 11.3 Å². The van der Waals surface area contributed by atoms with E-state index in [2.05, 4.69) is 20.9 Å². The lowest BCUT2D eigenvalue weighted by atomic mass is 10.1.